The molecule has 1 aliphatic heterocycles. The average molecular weight is 435 g/mol. The molecule has 2 heterocycles. The molecule has 1 aromatic heterocycles. The Kier molecular flexibility index (Phi) is 6.93. The highest BCUT2D eigenvalue weighted by molar-refractivity contribution is 5.85. The monoisotopic (exact) mass is 435 g/mol. The molecule has 3 aromatic rings. The van der Waals surface area contributed by atoms with Crippen LogP contribution in [-0.4, -0.2) is 59.2 Å². The minimum Gasteiger partial charge on any atom is -0.504 e. The molecule has 0 amide bonds. The topological polar surface area (TPSA) is 117 Å². The summed E-state index contributed by atoms with van der Waals surface area (Å²) in [6, 6.07) is 14.9. The quantitative estimate of drug-likeness (QED) is 0.362. The van der Waals surface area contributed by atoms with Crippen LogP contribution in [0.3, 0.4) is 0 Å². The number of aromatic hydroxyl groups is 1. The first kappa shape index (κ1) is 21.3. The van der Waals surface area contributed by atoms with Crippen LogP contribution in [0.25, 0.3) is 0 Å². The van der Waals surface area contributed by atoms with Crippen molar-refractivity contribution in [1.29, 1.82) is 0 Å². The van der Waals surface area contributed by atoms with E-state index in [1.54, 1.807) is 18.2 Å². The number of anilines is 4. The molecule has 0 saturated carbocycles. The summed E-state index contributed by atoms with van der Waals surface area (Å²) in [7, 11) is 0. The Bertz CT molecular complexity index is 1060. The van der Waals surface area contributed by atoms with Gasteiger partial charge in [-0.3, -0.25) is 0 Å². The Morgan fingerprint density at radius 3 is 2.62 bits per heavy atom. The van der Waals surface area contributed by atoms with E-state index in [-0.39, 0.29) is 11.7 Å². The SMILES string of the molecule is CCOc1cccc(/C=N/Nc2nc(Nc3ccccc3)nc(N3CCOCC3)n2)c1O. The van der Waals surface area contributed by atoms with Crippen LogP contribution < -0.4 is 20.4 Å². The molecule has 0 radical (unpaired) electrons. The number of aromatic nitrogens is 3. The third-order valence-electron chi connectivity index (χ3n) is 4.65. The second-order valence-electron chi connectivity index (χ2n) is 6.87. The normalized spacial score (nSPS) is 13.8. The van der Waals surface area contributed by atoms with E-state index in [9.17, 15) is 5.11 Å². The fourth-order valence-corrected chi connectivity index (χ4v) is 3.10. The Hall–Kier alpha value is -3.92. The molecule has 166 valence electrons. The van der Waals surface area contributed by atoms with Crippen molar-refractivity contribution in [2.45, 2.75) is 6.92 Å². The molecule has 4 rings (SSSR count). The molecule has 32 heavy (non-hydrogen) atoms. The number of morpholine rings is 1. The predicted octanol–water partition coefficient (Wildman–Crippen LogP) is 3.00. The molecule has 1 aliphatic rings. The molecule has 10 heteroatoms. The van der Waals surface area contributed by atoms with Gasteiger partial charge in [0.15, 0.2) is 11.5 Å². The third kappa shape index (κ3) is 5.41. The number of para-hydroxylation sites is 2. The first-order valence-electron chi connectivity index (χ1n) is 10.4. The number of nitrogens with zero attached hydrogens (tertiary/aromatic N) is 5. The van der Waals surface area contributed by atoms with Crippen molar-refractivity contribution in [2.75, 3.05) is 48.6 Å². The summed E-state index contributed by atoms with van der Waals surface area (Å²) < 4.78 is 10.8. The molecule has 2 aromatic carbocycles. The predicted molar refractivity (Wildman–Crippen MR) is 123 cm³/mol. The molecular formula is C22H25N7O3. The molecule has 10 nitrogen and oxygen atoms in total. The molecule has 0 aliphatic carbocycles. The fraction of sp³-hybridized carbons (Fsp3) is 0.273. The standard InChI is InChI=1S/C22H25N7O3/c1-2-32-18-10-6-7-16(19(18)30)15-23-28-21-25-20(24-17-8-4-3-5-9-17)26-22(27-21)29-11-13-31-14-12-29/h3-10,15,30H,2,11-14H2,1H3,(H2,24,25,26,27,28)/b23-15+. The lowest BCUT2D eigenvalue weighted by Crippen LogP contribution is -2.37. The van der Waals surface area contributed by atoms with E-state index in [1.165, 1.54) is 6.21 Å². The van der Waals surface area contributed by atoms with Gasteiger partial charge < -0.3 is 24.8 Å². The first-order chi connectivity index (χ1) is 15.7. The lowest BCUT2D eigenvalue weighted by molar-refractivity contribution is 0.122. The third-order valence-corrected chi connectivity index (χ3v) is 4.65. The highest BCUT2D eigenvalue weighted by Gasteiger charge is 2.17. The van der Waals surface area contributed by atoms with E-state index in [2.05, 4.69) is 30.8 Å². The van der Waals surface area contributed by atoms with E-state index < -0.39 is 0 Å². The second kappa shape index (κ2) is 10.4. The molecule has 0 spiro atoms. The Morgan fingerprint density at radius 1 is 1.06 bits per heavy atom. The Morgan fingerprint density at radius 2 is 1.84 bits per heavy atom. The maximum Gasteiger partial charge on any atom is 0.250 e. The number of benzene rings is 2. The number of ether oxygens (including phenoxy) is 2. The van der Waals surface area contributed by atoms with Gasteiger partial charge in [0.1, 0.15) is 0 Å². The molecular weight excluding hydrogens is 410 g/mol. The summed E-state index contributed by atoms with van der Waals surface area (Å²) in [6.45, 7) is 4.92. The highest BCUT2D eigenvalue weighted by atomic mass is 16.5. The summed E-state index contributed by atoms with van der Waals surface area (Å²) in [5.74, 6) is 1.63. The Balaban J connectivity index is 1.56. The first-order valence-corrected chi connectivity index (χ1v) is 10.4. The van der Waals surface area contributed by atoms with Crippen molar-refractivity contribution in [3.63, 3.8) is 0 Å². The van der Waals surface area contributed by atoms with E-state index in [1.807, 2.05) is 42.2 Å². The fourth-order valence-electron chi connectivity index (χ4n) is 3.10. The van der Waals surface area contributed by atoms with Crippen molar-refractivity contribution in [2.24, 2.45) is 5.10 Å². The summed E-state index contributed by atoms with van der Waals surface area (Å²) in [5.41, 5.74) is 4.20. The molecule has 0 bridgehead atoms. The van der Waals surface area contributed by atoms with Gasteiger partial charge in [0.25, 0.3) is 0 Å². The minimum absolute atomic E-state index is 0.0241. The van der Waals surface area contributed by atoms with Gasteiger partial charge in [-0.25, -0.2) is 5.43 Å². The zero-order valence-electron chi connectivity index (χ0n) is 17.7. The van der Waals surface area contributed by atoms with Crippen molar-refractivity contribution < 1.29 is 14.6 Å². The molecule has 1 saturated heterocycles. The van der Waals surface area contributed by atoms with Gasteiger partial charge in [0.05, 0.1) is 26.0 Å². The number of phenolic OH excluding ortho intramolecular Hbond substituents is 1. The Labute approximate surface area is 185 Å². The van der Waals surface area contributed by atoms with Crippen LogP contribution in [0.1, 0.15) is 12.5 Å². The maximum absolute atomic E-state index is 10.3. The van der Waals surface area contributed by atoms with E-state index >= 15 is 0 Å². The molecule has 0 unspecified atom stereocenters. The van der Waals surface area contributed by atoms with Gasteiger partial charge in [0.2, 0.25) is 17.8 Å². The highest BCUT2D eigenvalue weighted by Crippen LogP contribution is 2.28. The van der Waals surface area contributed by atoms with E-state index in [4.69, 9.17) is 9.47 Å². The van der Waals surface area contributed by atoms with Gasteiger partial charge in [-0.1, -0.05) is 24.3 Å². The number of hydrogen-bond donors (Lipinski definition) is 3. The van der Waals surface area contributed by atoms with Crippen molar-refractivity contribution in [3.05, 3.63) is 54.1 Å². The van der Waals surface area contributed by atoms with Gasteiger partial charge in [0, 0.05) is 24.3 Å². The van der Waals surface area contributed by atoms with Gasteiger partial charge in [-0.05, 0) is 31.2 Å². The number of nitrogens with one attached hydrogen (secondary N) is 2. The van der Waals surface area contributed by atoms with Gasteiger partial charge in [-0.15, -0.1) is 0 Å². The van der Waals surface area contributed by atoms with Crippen LogP contribution in [0.15, 0.2) is 53.6 Å². The van der Waals surface area contributed by atoms with Crippen LogP contribution in [-0.2, 0) is 4.74 Å². The number of rotatable bonds is 8. The van der Waals surface area contributed by atoms with Crippen molar-refractivity contribution in [1.82, 2.24) is 15.0 Å². The van der Waals surface area contributed by atoms with Gasteiger partial charge in [-0.2, -0.15) is 20.1 Å². The molecule has 3 N–H and O–H groups in total. The minimum atomic E-state index is 0.0241. The second-order valence-corrected chi connectivity index (χ2v) is 6.87. The van der Waals surface area contributed by atoms with E-state index in [0.717, 1.165) is 5.69 Å². The molecule has 0 atom stereocenters. The van der Waals surface area contributed by atoms with Crippen molar-refractivity contribution in [3.8, 4) is 11.5 Å². The van der Waals surface area contributed by atoms with Gasteiger partial charge >= 0.3 is 0 Å². The number of hydrazone groups is 1. The summed E-state index contributed by atoms with van der Waals surface area (Å²) in [6.07, 6.45) is 1.49. The molecule has 1 fully saturated rings. The number of phenols is 1. The average Bonchev–Trinajstić information content (AvgIpc) is 2.83. The van der Waals surface area contributed by atoms with Crippen LogP contribution in [0.4, 0.5) is 23.5 Å². The summed E-state index contributed by atoms with van der Waals surface area (Å²) in [5, 5.41) is 17.7. The van der Waals surface area contributed by atoms with Crippen LogP contribution in [0.2, 0.25) is 0 Å². The lowest BCUT2D eigenvalue weighted by Gasteiger charge is -2.27. The summed E-state index contributed by atoms with van der Waals surface area (Å²) in [4.78, 5) is 15.5. The lowest BCUT2D eigenvalue weighted by atomic mass is 10.2. The van der Waals surface area contributed by atoms with Crippen LogP contribution in [0, 0.1) is 0 Å². The van der Waals surface area contributed by atoms with Crippen molar-refractivity contribution >= 4 is 29.7 Å². The smallest absolute Gasteiger partial charge is 0.250 e. The van der Waals surface area contributed by atoms with E-state index in [0.29, 0.717) is 56.1 Å². The zero-order chi connectivity index (χ0) is 22.2. The largest absolute Gasteiger partial charge is 0.504 e. The number of hydrogen-bond acceptors (Lipinski definition) is 10. The van der Waals surface area contributed by atoms with Crippen LogP contribution in [0.5, 0.6) is 11.5 Å². The zero-order valence-corrected chi connectivity index (χ0v) is 17.7. The maximum atomic E-state index is 10.3. The summed E-state index contributed by atoms with van der Waals surface area (Å²) >= 11 is 0. The van der Waals surface area contributed by atoms with Crippen LogP contribution >= 0.6 is 0 Å².